The maximum atomic E-state index is 12.9. The monoisotopic (exact) mass is 317 g/mol. The van der Waals surface area contributed by atoms with Gasteiger partial charge in [-0.3, -0.25) is 9.59 Å². The van der Waals surface area contributed by atoms with Crippen molar-refractivity contribution < 1.29 is 19.4 Å². The summed E-state index contributed by atoms with van der Waals surface area (Å²) in [5.41, 5.74) is 1.19. The van der Waals surface area contributed by atoms with Crippen molar-refractivity contribution >= 4 is 11.9 Å². The van der Waals surface area contributed by atoms with Gasteiger partial charge in [0.05, 0.1) is 24.5 Å². The van der Waals surface area contributed by atoms with Crippen LogP contribution >= 0.6 is 0 Å². The summed E-state index contributed by atoms with van der Waals surface area (Å²) in [5, 5.41) is 9.21. The lowest BCUT2D eigenvalue weighted by Crippen LogP contribution is -2.50. The fourth-order valence-corrected chi connectivity index (χ4v) is 3.44. The number of hydrogen-bond acceptors (Lipinski definition) is 3. The summed E-state index contributed by atoms with van der Waals surface area (Å²) >= 11 is 0. The molecule has 1 aliphatic heterocycles. The van der Waals surface area contributed by atoms with Crippen molar-refractivity contribution in [3.63, 3.8) is 0 Å². The van der Waals surface area contributed by atoms with E-state index in [0.29, 0.717) is 32.6 Å². The van der Waals surface area contributed by atoms with Crippen LogP contribution in [0.4, 0.5) is 0 Å². The molecule has 3 rings (SSSR count). The van der Waals surface area contributed by atoms with E-state index in [-0.39, 0.29) is 17.9 Å². The molecule has 3 unspecified atom stereocenters. The van der Waals surface area contributed by atoms with Crippen LogP contribution in [0.3, 0.4) is 0 Å². The summed E-state index contributed by atoms with van der Waals surface area (Å²) in [6, 6.07) is 10.2. The van der Waals surface area contributed by atoms with Gasteiger partial charge in [-0.25, -0.2) is 0 Å². The topological polar surface area (TPSA) is 66.8 Å². The van der Waals surface area contributed by atoms with Crippen molar-refractivity contribution in [2.45, 2.75) is 31.7 Å². The zero-order valence-corrected chi connectivity index (χ0v) is 13.2. The molecule has 5 nitrogen and oxygen atoms in total. The third-order valence-corrected chi connectivity index (χ3v) is 5.02. The van der Waals surface area contributed by atoms with Crippen LogP contribution in [-0.2, 0) is 20.7 Å². The Labute approximate surface area is 136 Å². The number of nitrogens with zero attached hydrogens (tertiary/aromatic N) is 1. The Bertz CT molecular complexity index is 553. The van der Waals surface area contributed by atoms with E-state index < -0.39 is 11.9 Å². The number of carboxylic acid groups (broad SMARTS) is 1. The summed E-state index contributed by atoms with van der Waals surface area (Å²) in [4.78, 5) is 26.0. The Balaban J connectivity index is 1.68. The van der Waals surface area contributed by atoms with E-state index in [0.717, 1.165) is 12.8 Å². The highest BCUT2D eigenvalue weighted by molar-refractivity contribution is 5.86. The van der Waals surface area contributed by atoms with Gasteiger partial charge in [0.1, 0.15) is 0 Å². The fraction of sp³-hybridized carbons (Fsp3) is 0.556. The van der Waals surface area contributed by atoms with E-state index in [2.05, 4.69) is 12.1 Å². The number of carbonyl (C=O) groups excluding carboxylic acids is 1. The third-order valence-electron chi connectivity index (χ3n) is 5.02. The van der Waals surface area contributed by atoms with Crippen molar-refractivity contribution in [1.29, 1.82) is 0 Å². The highest BCUT2D eigenvalue weighted by Crippen LogP contribution is 2.36. The van der Waals surface area contributed by atoms with E-state index in [4.69, 9.17) is 4.74 Å². The Morgan fingerprint density at radius 1 is 1.13 bits per heavy atom. The molecule has 2 fully saturated rings. The molecule has 1 heterocycles. The minimum atomic E-state index is -0.847. The van der Waals surface area contributed by atoms with Gasteiger partial charge in [0.15, 0.2) is 0 Å². The average Bonchev–Trinajstić information content (AvgIpc) is 3.01. The maximum absolute atomic E-state index is 12.9. The Hall–Kier alpha value is -1.88. The van der Waals surface area contributed by atoms with Gasteiger partial charge >= 0.3 is 5.97 Å². The molecule has 1 amide bonds. The van der Waals surface area contributed by atoms with Gasteiger partial charge in [0.2, 0.25) is 5.91 Å². The van der Waals surface area contributed by atoms with Crippen LogP contribution in [0.15, 0.2) is 30.3 Å². The van der Waals surface area contributed by atoms with Crippen molar-refractivity contribution in [2.75, 3.05) is 19.8 Å². The van der Waals surface area contributed by atoms with E-state index in [1.54, 1.807) is 0 Å². The molecule has 2 aliphatic rings. The van der Waals surface area contributed by atoms with Gasteiger partial charge in [-0.15, -0.1) is 0 Å². The number of amides is 1. The van der Waals surface area contributed by atoms with E-state index >= 15 is 0 Å². The number of ether oxygens (including phenoxy) is 1. The minimum absolute atomic E-state index is 0.00455. The molecule has 0 spiro atoms. The Morgan fingerprint density at radius 2 is 1.87 bits per heavy atom. The van der Waals surface area contributed by atoms with Gasteiger partial charge < -0.3 is 14.7 Å². The SMILES string of the molecule is O=C(O)C1CCC1C(=O)N(CCc1ccccc1)C1CCOC1. The zero-order valence-electron chi connectivity index (χ0n) is 13.2. The fourth-order valence-electron chi connectivity index (χ4n) is 3.44. The Kier molecular flexibility index (Phi) is 4.96. The number of hydrogen-bond donors (Lipinski definition) is 1. The first kappa shape index (κ1) is 16.0. The molecular formula is C18H23NO4. The normalized spacial score (nSPS) is 26.5. The van der Waals surface area contributed by atoms with Crippen LogP contribution in [0.5, 0.6) is 0 Å². The lowest BCUT2D eigenvalue weighted by atomic mass is 9.72. The van der Waals surface area contributed by atoms with Crippen LogP contribution < -0.4 is 0 Å². The summed E-state index contributed by atoms with van der Waals surface area (Å²) in [6.07, 6.45) is 2.92. The molecule has 1 saturated heterocycles. The van der Waals surface area contributed by atoms with Gasteiger partial charge in [-0.1, -0.05) is 30.3 Å². The zero-order chi connectivity index (χ0) is 16.2. The highest BCUT2D eigenvalue weighted by Gasteiger charge is 2.44. The van der Waals surface area contributed by atoms with Gasteiger partial charge in [-0.05, 0) is 31.2 Å². The molecule has 0 bridgehead atoms. The molecule has 5 heteroatoms. The molecule has 1 aromatic rings. The molecule has 1 aromatic carbocycles. The number of carboxylic acids is 1. The van der Waals surface area contributed by atoms with Crippen molar-refractivity contribution in [3.05, 3.63) is 35.9 Å². The van der Waals surface area contributed by atoms with Gasteiger partial charge in [-0.2, -0.15) is 0 Å². The average molecular weight is 317 g/mol. The van der Waals surface area contributed by atoms with Crippen LogP contribution in [0.25, 0.3) is 0 Å². The predicted octanol–water partition coefficient (Wildman–Crippen LogP) is 1.96. The molecule has 1 aliphatic carbocycles. The maximum Gasteiger partial charge on any atom is 0.307 e. The summed E-state index contributed by atoms with van der Waals surface area (Å²) in [6.45, 7) is 1.86. The molecular weight excluding hydrogens is 294 g/mol. The molecule has 23 heavy (non-hydrogen) atoms. The highest BCUT2D eigenvalue weighted by atomic mass is 16.5. The first-order chi connectivity index (χ1) is 11.2. The standard InChI is InChI=1S/C18H23NO4/c20-17(15-6-7-16(15)18(21)22)19(14-9-11-23-12-14)10-8-13-4-2-1-3-5-13/h1-5,14-16H,6-12H2,(H,21,22). The summed E-state index contributed by atoms with van der Waals surface area (Å²) in [5.74, 6) is -1.72. The van der Waals surface area contributed by atoms with E-state index in [9.17, 15) is 14.7 Å². The first-order valence-corrected chi connectivity index (χ1v) is 8.32. The van der Waals surface area contributed by atoms with Crippen molar-refractivity contribution in [2.24, 2.45) is 11.8 Å². The van der Waals surface area contributed by atoms with Crippen molar-refractivity contribution in [1.82, 2.24) is 4.90 Å². The van der Waals surface area contributed by atoms with Crippen LogP contribution in [0, 0.1) is 11.8 Å². The van der Waals surface area contributed by atoms with Crippen LogP contribution in [-0.4, -0.2) is 47.7 Å². The summed E-state index contributed by atoms with van der Waals surface area (Å²) < 4.78 is 5.44. The number of carbonyl (C=O) groups is 2. The quantitative estimate of drug-likeness (QED) is 0.871. The van der Waals surface area contributed by atoms with Gasteiger partial charge in [0.25, 0.3) is 0 Å². The number of rotatable bonds is 6. The molecule has 3 atom stereocenters. The second-order valence-electron chi connectivity index (χ2n) is 6.41. The van der Waals surface area contributed by atoms with Crippen LogP contribution in [0.1, 0.15) is 24.8 Å². The van der Waals surface area contributed by atoms with Crippen LogP contribution in [0.2, 0.25) is 0 Å². The Morgan fingerprint density at radius 3 is 2.43 bits per heavy atom. The molecule has 124 valence electrons. The van der Waals surface area contributed by atoms with Gasteiger partial charge in [0, 0.05) is 13.2 Å². The molecule has 0 radical (unpaired) electrons. The lowest BCUT2D eigenvalue weighted by Gasteiger charge is -2.38. The number of aliphatic carboxylic acids is 1. The molecule has 0 aromatic heterocycles. The molecule has 1 saturated carbocycles. The second-order valence-corrected chi connectivity index (χ2v) is 6.41. The minimum Gasteiger partial charge on any atom is -0.481 e. The second kappa shape index (κ2) is 7.13. The predicted molar refractivity (Wildman–Crippen MR) is 84.9 cm³/mol. The third kappa shape index (κ3) is 3.55. The smallest absolute Gasteiger partial charge is 0.307 e. The lowest BCUT2D eigenvalue weighted by molar-refractivity contribution is -0.157. The summed E-state index contributed by atoms with van der Waals surface area (Å²) in [7, 11) is 0. The van der Waals surface area contributed by atoms with E-state index in [1.807, 2.05) is 23.1 Å². The number of benzene rings is 1. The first-order valence-electron chi connectivity index (χ1n) is 8.32. The van der Waals surface area contributed by atoms with Crippen molar-refractivity contribution in [3.8, 4) is 0 Å². The largest absolute Gasteiger partial charge is 0.481 e. The molecule has 1 N–H and O–H groups in total. The van der Waals surface area contributed by atoms with E-state index in [1.165, 1.54) is 5.56 Å².